The monoisotopic (exact) mass is 320 g/mol. The number of halogens is 2. The van der Waals surface area contributed by atoms with Gasteiger partial charge in [-0.2, -0.15) is 0 Å². The van der Waals surface area contributed by atoms with Gasteiger partial charge in [0.25, 0.3) is 5.91 Å². The quantitative estimate of drug-likeness (QED) is 0.878. The van der Waals surface area contributed by atoms with E-state index in [1.54, 1.807) is 17.0 Å². The highest BCUT2D eigenvalue weighted by Gasteiger charge is 2.32. The van der Waals surface area contributed by atoms with Crippen LogP contribution in [-0.4, -0.2) is 17.4 Å². The summed E-state index contributed by atoms with van der Waals surface area (Å²) in [5.41, 5.74) is 2.34. The van der Waals surface area contributed by atoms with Crippen LogP contribution in [0, 0.1) is 0 Å². The molecule has 5 heteroatoms. The van der Waals surface area contributed by atoms with Gasteiger partial charge in [0.1, 0.15) is 6.17 Å². The van der Waals surface area contributed by atoms with Crippen LogP contribution < -0.4 is 5.32 Å². The molecule has 1 N–H and O–H groups in total. The van der Waals surface area contributed by atoms with Gasteiger partial charge in [-0.3, -0.25) is 4.79 Å². The molecule has 0 aliphatic carbocycles. The first kappa shape index (κ1) is 14.2. The number of benzene rings is 2. The number of amides is 1. The number of anilines is 1. The Labute approximate surface area is 133 Å². The molecule has 3 nitrogen and oxygen atoms in total. The number of hydrogen-bond acceptors (Lipinski definition) is 2. The molecule has 108 valence electrons. The van der Waals surface area contributed by atoms with Gasteiger partial charge in [-0.1, -0.05) is 41.4 Å². The fourth-order valence-corrected chi connectivity index (χ4v) is 3.10. The molecule has 0 bridgehead atoms. The fraction of sp³-hybridized carbons (Fsp3) is 0.188. The molecular weight excluding hydrogens is 307 g/mol. The molecule has 2 aromatic rings. The summed E-state index contributed by atoms with van der Waals surface area (Å²) in [4.78, 5) is 14.4. The van der Waals surface area contributed by atoms with Gasteiger partial charge in [-0.05, 0) is 31.2 Å². The van der Waals surface area contributed by atoms with E-state index >= 15 is 0 Å². The van der Waals surface area contributed by atoms with Crippen molar-refractivity contribution in [2.24, 2.45) is 0 Å². The van der Waals surface area contributed by atoms with Gasteiger partial charge < -0.3 is 10.2 Å². The maximum absolute atomic E-state index is 12.6. The normalized spacial score (nSPS) is 17.4. The van der Waals surface area contributed by atoms with Crippen LogP contribution >= 0.6 is 23.2 Å². The molecule has 0 saturated heterocycles. The van der Waals surface area contributed by atoms with Gasteiger partial charge >= 0.3 is 0 Å². The zero-order valence-electron chi connectivity index (χ0n) is 11.4. The molecule has 1 atom stereocenters. The number of nitrogens with zero attached hydrogens (tertiary/aromatic N) is 1. The Morgan fingerprint density at radius 1 is 1.19 bits per heavy atom. The van der Waals surface area contributed by atoms with Gasteiger partial charge in [0.05, 0.1) is 5.56 Å². The molecule has 0 fully saturated rings. The van der Waals surface area contributed by atoms with Crippen LogP contribution in [0.4, 0.5) is 5.69 Å². The van der Waals surface area contributed by atoms with Crippen LogP contribution in [0.1, 0.15) is 29.0 Å². The molecular formula is C16H14Cl2N2O. The van der Waals surface area contributed by atoms with Crippen LogP contribution in [-0.2, 0) is 0 Å². The van der Waals surface area contributed by atoms with Gasteiger partial charge in [0.2, 0.25) is 0 Å². The van der Waals surface area contributed by atoms with Crippen LogP contribution in [0.2, 0.25) is 10.0 Å². The summed E-state index contributed by atoms with van der Waals surface area (Å²) in [7, 11) is 0. The summed E-state index contributed by atoms with van der Waals surface area (Å²) in [6.45, 7) is 2.54. The second kappa shape index (κ2) is 5.58. The highest BCUT2D eigenvalue weighted by atomic mass is 35.5. The smallest absolute Gasteiger partial charge is 0.257 e. The van der Waals surface area contributed by atoms with Crippen LogP contribution in [0.15, 0.2) is 42.5 Å². The topological polar surface area (TPSA) is 32.3 Å². The Hall–Kier alpha value is -1.71. The average molecular weight is 321 g/mol. The van der Waals surface area contributed by atoms with E-state index in [-0.39, 0.29) is 12.1 Å². The van der Waals surface area contributed by atoms with Crippen LogP contribution in [0.3, 0.4) is 0 Å². The first-order valence-corrected chi connectivity index (χ1v) is 7.49. The minimum Gasteiger partial charge on any atom is -0.361 e. The van der Waals surface area contributed by atoms with Crippen molar-refractivity contribution in [3.8, 4) is 0 Å². The van der Waals surface area contributed by atoms with Crippen molar-refractivity contribution >= 4 is 34.8 Å². The summed E-state index contributed by atoms with van der Waals surface area (Å²) in [5, 5.41) is 4.51. The van der Waals surface area contributed by atoms with Gasteiger partial charge in [0.15, 0.2) is 0 Å². The second-order valence-electron chi connectivity index (χ2n) is 4.85. The largest absolute Gasteiger partial charge is 0.361 e. The molecule has 0 saturated carbocycles. The van der Waals surface area contributed by atoms with Crippen molar-refractivity contribution in [1.82, 2.24) is 4.90 Å². The van der Waals surface area contributed by atoms with E-state index in [0.29, 0.717) is 22.2 Å². The number of carbonyl (C=O) groups excluding carboxylic acids is 1. The molecule has 2 aromatic carbocycles. The zero-order chi connectivity index (χ0) is 15.0. The average Bonchev–Trinajstić information content (AvgIpc) is 2.47. The number of para-hydroxylation sites is 1. The van der Waals surface area contributed by atoms with Crippen LogP contribution in [0.25, 0.3) is 0 Å². The van der Waals surface area contributed by atoms with Crippen molar-refractivity contribution in [2.45, 2.75) is 13.1 Å². The lowest BCUT2D eigenvalue weighted by atomic mass is 10.0. The van der Waals surface area contributed by atoms with E-state index in [0.717, 1.165) is 11.3 Å². The lowest BCUT2D eigenvalue weighted by Gasteiger charge is -2.37. The third-order valence-electron chi connectivity index (χ3n) is 3.62. The molecule has 0 spiro atoms. The fourth-order valence-electron chi connectivity index (χ4n) is 2.59. The summed E-state index contributed by atoms with van der Waals surface area (Å²) < 4.78 is 0. The summed E-state index contributed by atoms with van der Waals surface area (Å²) in [5.74, 6) is 0.00265. The molecule has 1 amide bonds. The summed E-state index contributed by atoms with van der Waals surface area (Å²) >= 11 is 12.2. The van der Waals surface area contributed by atoms with Crippen molar-refractivity contribution in [3.05, 3.63) is 63.6 Å². The Kier molecular flexibility index (Phi) is 3.79. The number of fused-ring (bicyclic) bond motifs is 1. The Morgan fingerprint density at radius 2 is 1.95 bits per heavy atom. The van der Waals surface area contributed by atoms with E-state index < -0.39 is 0 Å². The van der Waals surface area contributed by atoms with Crippen LogP contribution in [0.5, 0.6) is 0 Å². The highest BCUT2D eigenvalue weighted by Crippen LogP contribution is 2.36. The van der Waals surface area contributed by atoms with E-state index in [1.807, 2.05) is 37.3 Å². The first-order valence-electron chi connectivity index (χ1n) is 6.73. The molecule has 1 aliphatic heterocycles. The minimum atomic E-state index is -0.290. The maximum atomic E-state index is 12.6. The lowest BCUT2D eigenvalue weighted by Crippen LogP contribution is -2.42. The van der Waals surface area contributed by atoms with E-state index in [2.05, 4.69) is 5.32 Å². The SMILES string of the molecule is CCN1C(=O)c2ccccc2NC1c1ccc(Cl)cc1Cl. The van der Waals surface area contributed by atoms with Gasteiger partial charge in [-0.25, -0.2) is 0 Å². The Morgan fingerprint density at radius 3 is 2.67 bits per heavy atom. The van der Waals surface area contributed by atoms with E-state index in [1.165, 1.54) is 0 Å². The Bertz CT molecular complexity index is 702. The maximum Gasteiger partial charge on any atom is 0.257 e. The molecule has 0 radical (unpaired) electrons. The zero-order valence-corrected chi connectivity index (χ0v) is 12.9. The van der Waals surface area contributed by atoms with E-state index in [4.69, 9.17) is 23.2 Å². The predicted molar refractivity (Wildman–Crippen MR) is 86.0 cm³/mol. The Balaban J connectivity index is 2.08. The number of carbonyl (C=O) groups is 1. The van der Waals surface area contributed by atoms with Crippen molar-refractivity contribution in [1.29, 1.82) is 0 Å². The molecule has 3 rings (SSSR count). The highest BCUT2D eigenvalue weighted by molar-refractivity contribution is 6.35. The number of rotatable bonds is 2. The van der Waals surface area contributed by atoms with Crippen molar-refractivity contribution < 1.29 is 4.79 Å². The predicted octanol–water partition coefficient (Wildman–Crippen LogP) is 4.58. The van der Waals surface area contributed by atoms with E-state index in [9.17, 15) is 4.79 Å². The lowest BCUT2D eigenvalue weighted by molar-refractivity contribution is 0.0695. The molecule has 1 heterocycles. The number of nitrogens with one attached hydrogen (secondary N) is 1. The number of hydrogen-bond donors (Lipinski definition) is 1. The van der Waals surface area contributed by atoms with Gasteiger partial charge in [-0.15, -0.1) is 0 Å². The first-order chi connectivity index (χ1) is 10.1. The molecule has 0 aromatic heterocycles. The third-order valence-corrected chi connectivity index (χ3v) is 4.18. The molecule has 1 aliphatic rings. The van der Waals surface area contributed by atoms with Gasteiger partial charge in [0, 0.05) is 27.8 Å². The molecule has 1 unspecified atom stereocenters. The third kappa shape index (κ3) is 2.47. The standard InChI is InChI=1S/C16H14Cl2N2O/c1-2-20-15(11-8-7-10(17)9-13(11)18)19-14-6-4-3-5-12(14)16(20)21/h3-9,15,19H,2H2,1H3. The second-order valence-corrected chi connectivity index (χ2v) is 5.69. The summed E-state index contributed by atoms with van der Waals surface area (Å²) in [6, 6.07) is 12.8. The minimum absolute atomic E-state index is 0.00265. The van der Waals surface area contributed by atoms with Crippen molar-refractivity contribution in [2.75, 3.05) is 11.9 Å². The molecule has 21 heavy (non-hydrogen) atoms. The summed E-state index contributed by atoms with van der Waals surface area (Å²) in [6.07, 6.45) is -0.290. The van der Waals surface area contributed by atoms with Crippen molar-refractivity contribution in [3.63, 3.8) is 0 Å².